The monoisotopic (exact) mass is 179 g/mol. The van der Waals surface area contributed by atoms with Crippen LogP contribution < -0.4 is 0 Å². The lowest BCUT2D eigenvalue weighted by molar-refractivity contribution is 0.126. The van der Waals surface area contributed by atoms with Crippen molar-refractivity contribution in [3.63, 3.8) is 0 Å². The van der Waals surface area contributed by atoms with Crippen molar-refractivity contribution >= 4 is 0 Å². The largest absolute Gasteiger partial charge is 0.490 e. The van der Waals surface area contributed by atoms with Gasteiger partial charge in [0.2, 0.25) is 0 Å². The van der Waals surface area contributed by atoms with Gasteiger partial charge in [-0.15, -0.1) is 0 Å². The molecule has 2 nitrogen and oxygen atoms in total. The molecular weight excluding hydrogens is 162 g/mol. The second kappa shape index (κ2) is 4.17. The fourth-order valence-electron chi connectivity index (χ4n) is 1.51. The Morgan fingerprint density at radius 3 is 2.54 bits per heavy atom. The van der Waals surface area contributed by atoms with Crippen molar-refractivity contribution in [1.29, 1.82) is 0 Å². The quantitative estimate of drug-likeness (QED) is 0.659. The van der Waals surface area contributed by atoms with Crippen LogP contribution in [0.25, 0.3) is 0 Å². The summed E-state index contributed by atoms with van der Waals surface area (Å²) in [4.78, 5) is 2.27. The number of hydrogen-bond donors (Lipinski definition) is 0. The molecule has 0 aliphatic carbocycles. The SMILES string of the molecule is C=CC1=C(C=C)N(C(C)C)CCO1. The predicted octanol–water partition coefficient (Wildman–Crippen LogP) is 2.31. The minimum atomic E-state index is 0.479. The Balaban J connectivity index is 2.98. The third-order valence-electron chi connectivity index (χ3n) is 2.15. The minimum absolute atomic E-state index is 0.479. The highest BCUT2D eigenvalue weighted by molar-refractivity contribution is 5.27. The summed E-state index contributed by atoms with van der Waals surface area (Å²) in [5.74, 6) is 0.843. The van der Waals surface area contributed by atoms with E-state index >= 15 is 0 Å². The maximum Gasteiger partial charge on any atom is 0.142 e. The van der Waals surface area contributed by atoms with Crippen molar-refractivity contribution in [2.75, 3.05) is 13.2 Å². The molecule has 1 aliphatic rings. The summed E-state index contributed by atoms with van der Waals surface area (Å²) in [5, 5.41) is 0. The first-order valence-electron chi connectivity index (χ1n) is 4.59. The molecule has 1 aliphatic heterocycles. The van der Waals surface area contributed by atoms with Gasteiger partial charge in [0.25, 0.3) is 0 Å². The van der Waals surface area contributed by atoms with Gasteiger partial charge in [0.1, 0.15) is 12.4 Å². The molecule has 0 spiro atoms. The van der Waals surface area contributed by atoms with Crippen molar-refractivity contribution < 1.29 is 4.74 Å². The summed E-state index contributed by atoms with van der Waals surface area (Å²) in [7, 11) is 0. The lowest BCUT2D eigenvalue weighted by Gasteiger charge is -2.34. The maximum absolute atomic E-state index is 5.46. The summed E-state index contributed by atoms with van der Waals surface area (Å²) in [5.41, 5.74) is 1.05. The molecular formula is C11H17NO. The molecule has 0 aromatic heterocycles. The van der Waals surface area contributed by atoms with Gasteiger partial charge in [0, 0.05) is 6.04 Å². The van der Waals surface area contributed by atoms with Crippen LogP contribution in [0, 0.1) is 0 Å². The van der Waals surface area contributed by atoms with E-state index in [0.29, 0.717) is 6.04 Å². The molecule has 0 aromatic rings. The zero-order valence-corrected chi connectivity index (χ0v) is 8.42. The summed E-state index contributed by atoms with van der Waals surface area (Å²) < 4.78 is 5.46. The molecule has 0 radical (unpaired) electrons. The van der Waals surface area contributed by atoms with Crippen molar-refractivity contribution in [3.05, 3.63) is 36.8 Å². The lowest BCUT2D eigenvalue weighted by Crippen LogP contribution is -2.36. The van der Waals surface area contributed by atoms with E-state index < -0.39 is 0 Å². The molecule has 0 bridgehead atoms. The Labute approximate surface area is 80.2 Å². The van der Waals surface area contributed by atoms with E-state index in [4.69, 9.17) is 4.74 Å². The van der Waals surface area contributed by atoms with Gasteiger partial charge in [-0.05, 0) is 26.0 Å². The number of hydrogen-bond acceptors (Lipinski definition) is 2. The average molecular weight is 179 g/mol. The van der Waals surface area contributed by atoms with Crippen molar-refractivity contribution in [3.8, 4) is 0 Å². The predicted molar refractivity (Wildman–Crippen MR) is 55.2 cm³/mol. The highest BCUT2D eigenvalue weighted by atomic mass is 16.5. The molecule has 72 valence electrons. The van der Waals surface area contributed by atoms with E-state index in [1.54, 1.807) is 6.08 Å². The van der Waals surface area contributed by atoms with Gasteiger partial charge >= 0.3 is 0 Å². The smallest absolute Gasteiger partial charge is 0.142 e. The van der Waals surface area contributed by atoms with Gasteiger partial charge in [-0.3, -0.25) is 0 Å². The van der Waals surface area contributed by atoms with E-state index in [1.165, 1.54) is 0 Å². The molecule has 0 N–H and O–H groups in total. The molecule has 0 atom stereocenters. The number of allylic oxidation sites excluding steroid dienone is 2. The van der Waals surface area contributed by atoms with Crippen LogP contribution in [-0.2, 0) is 4.74 Å². The van der Waals surface area contributed by atoms with Gasteiger partial charge in [-0.25, -0.2) is 0 Å². The molecule has 2 heteroatoms. The molecule has 1 heterocycles. The first-order chi connectivity index (χ1) is 6.20. The van der Waals surface area contributed by atoms with E-state index in [0.717, 1.165) is 24.6 Å². The Hall–Kier alpha value is -1.18. The Kier molecular flexibility index (Phi) is 3.18. The first kappa shape index (κ1) is 9.90. The third kappa shape index (κ3) is 1.94. The van der Waals surface area contributed by atoms with Crippen molar-refractivity contribution in [2.45, 2.75) is 19.9 Å². The van der Waals surface area contributed by atoms with E-state index in [-0.39, 0.29) is 0 Å². The Morgan fingerprint density at radius 2 is 2.08 bits per heavy atom. The minimum Gasteiger partial charge on any atom is -0.490 e. The number of ether oxygens (including phenoxy) is 1. The third-order valence-corrected chi connectivity index (χ3v) is 2.15. The zero-order valence-electron chi connectivity index (χ0n) is 8.42. The Bertz CT molecular complexity index is 240. The van der Waals surface area contributed by atoms with E-state index in [1.807, 2.05) is 6.08 Å². The van der Waals surface area contributed by atoms with Gasteiger partial charge in [-0.1, -0.05) is 13.2 Å². The molecule has 0 saturated carbocycles. The van der Waals surface area contributed by atoms with Crippen molar-refractivity contribution in [2.24, 2.45) is 0 Å². The van der Waals surface area contributed by atoms with Crippen LogP contribution in [0.2, 0.25) is 0 Å². The van der Waals surface area contributed by atoms with Gasteiger partial charge in [0.15, 0.2) is 0 Å². The zero-order chi connectivity index (χ0) is 9.84. The van der Waals surface area contributed by atoms with Crippen LogP contribution in [0.4, 0.5) is 0 Å². The van der Waals surface area contributed by atoms with E-state index in [9.17, 15) is 0 Å². The summed E-state index contributed by atoms with van der Waals surface area (Å²) in [6.45, 7) is 13.5. The highest BCUT2D eigenvalue weighted by Gasteiger charge is 2.19. The van der Waals surface area contributed by atoms with Crippen LogP contribution in [0.15, 0.2) is 36.8 Å². The molecule has 0 aromatic carbocycles. The second-order valence-corrected chi connectivity index (χ2v) is 3.29. The Morgan fingerprint density at radius 1 is 1.38 bits per heavy atom. The molecule has 0 saturated heterocycles. The summed E-state index contributed by atoms with van der Waals surface area (Å²) in [6, 6.07) is 0.479. The normalized spacial score (nSPS) is 17.3. The molecule has 0 fully saturated rings. The van der Waals surface area contributed by atoms with Crippen LogP contribution in [0.3, 0.4) is 0 Å². The molecule has 13 heavy (non-hydrogen) atoms. The molecule has 0 unspecified atom stereocenters. The summed E-state index contributed by atoms with van der Waals surface area (Å²) >= 11 is 0. The van der Waals surface area contributed by atoms with E-state index in [2.05, 4.69) is 31.9 Å². The second-order valence-electron chi connectivity index (χ2n) is 3.29. The highest BCUT2D eigenvalue weighted by Crippen LogP contribution is 2.20. The fraction of sp³-hybridized carbons (Fsp3) is 0.455. The van der Waals surface area contributed by atoms with Crippen LogP contribution in [-0.4, -0.2) is 24.1 Å². The number of nitrogens with zero attached hydrogens (tertiary/aromatic N) is 1. The summed E-state index contributed by atoms with van der Waals surface area (Å²) in [6.07, 6.45) is 3.57. The standard InChI is InChI=1S/C11H17NO/c1-5-10-11(6-2)13-8-7-12(10)9(3)4/h5-6,9H,1-2,7-8H2,3-4H3. The molecule has 0 amide bonds. The maximum atomic E-state index is 5.46. The topological polar surface area (TPSA) is 12.5 Å². The molecule has 1 rings (SSSR count). The van der Waals surface area contributed by atoms with Gasteiger partial charge in [-0.2, -0.15) is 0 Å². The van der Waals surface area contributed by atoms with Gasteiger partial charge < -0.3 is 9.64 Å². The fourth-order valence-corrected chi connectivity index (χ4v) is 1.51. The average Bonchev–Trinajstić information content (AvgIpc) is 2.16. The van der Waals surface area contributed by atoms with Crippen LogP contribution in [0.1, 0.15) is 13.8 Å². The van der Waals surface area contributed by atoms with Crippen molar-refractivity contribution in [1.82, 2.24) is 4.90 Å². The lowest BCUT2D eigenvalue weighted by atomic mass is 10.2. The van der Waals surface area contributed by atoms with Crippen LogP contribution >= 0.6 is 0 Å². The van der Waals surface area contributed by atoms with Crippen LogP contribution in [0.5, 0.6) is 0 Å². The van der Waals surface area contributed by atoms with Gasteiger partial charge in [0.05, 0.1) is 12.2 Å². The first-order valence-corrected chi connectivity index (χ1v) is 4.59. The number of rotatable bonds is 3.